The zero-order chi connectivity index (χ0) is 24.1. The van der Waals surface area contributed by atoms with Gasteiger partial charge in [0.1, 0.15) is 0 Å². The number of aromatic nitrogens is 2. The normalized spacial score (nSPS) is 10.5. The van der Waals surface area contributed by atoms with Gasteiger partial charge >= 0.3 is 5.97 Å². The number of carbonyl (C=O) groups excluding carboxylic acids is 1. The molecule has 0 radical (unpaired) electrons. The highest BCUT2D eigenvalue weighted by Gasteiger charge is 2.11. The van der Waals surface area contributed by atoms with Crippen molar-refractivity contribution in [1.82, 2.24) is 14.5 Å². The number of hydrogen-bond acceptors (Lipinski definition) is 6. The molecule has 0 atom stereocenters. The Morgan fingerprint density at radius 3 is 2.30 bits per heavy atom. The summed E-state index contributed by atoms with van der Waals surface area (Å²) in [7, 11) is 1.61. The maximum Gasteiger partial charge on any atom is 0.335 e. The summed E-state index contributed by atoms with van der Waals surface area (Å²) in [5, 5.41) is 9.70. The lowest BCUT2D eigenvalue weighted by Gasteiger charge is -2.14. The van der Waals surface area contributed by atoms with Crippen molar-refractivity contribution in [3.8, 4) is 0 Å². The van der Waals surface area contributed by atoms with Crippen LogP contribution in [0, 0.1) is 0 Å². The highest BCUT2D eigenvalue weighted by atomic mass is 16.4. The Kier molecular flexibility index (Phi) is 7.01. The Bertz CT molecular complexity index is 1460. The van der Waals surface area contributed by atoms with Gasteiger partial charge in [-0.2, -0.15) is 0 Å². The third-order valence-corrected chi connectivity index (χ3v) is 5.05. The van der Waals surface area contributed by atoms with E-state index in [0.717, 1.165) is 0 Å². The van der Waals surface area contributed by atoms with Crippen LogP contribution < -0.4 is 22.3 Å². The summed E-state index contributed by atoms with van der Waals surface area (Å²) in [6.45, 7) is 0.380. The molecule has 0 fully saturated rings. The van der Waals surface area contributed by atoms with Gasteiger partial charge in [-0.15, -0.1) is 0 Å². The van der Waals surface area contributed by atoms with Gasteiger partial charge < -0.3 is 31.0 Å². The monoisotopic (exact) mass is 449 g/mol. The number of nitrogens with one attached hydrogen (secondary N) is 1. The molecule has 170 valence electrons. The van der Waals surface area contributed by atoms with Crippen LogP contribution in [-0.4, -0.2) is 45.2 Å². The van der Waals surface area contributed by atoms with E-state index in [0.29, 0.717) is 27.4 Å². The van der Waals surface area contributed by atoms with E-state index in [9.17, 15) is 19.2 Å². The predicted molar refractivity (Wildman–Crippen MR) is 125 cm³/mol. The molecule has 0 aliphatic rings. The lowest BCUT2D eigenvalue weighted by molar-refractivity contribution is 0.0696. The van der Waals surface area contributed by atoms with Crippen molar-refractivity contribution in [3.05, 3.63) is 92.5 Å². The highest BCUT2D eigenvalue weighted by molar-refractivity contribution is 5.97. The first-order chi connectivity index (χ1) is 15.8. The van der Waals surface area contributed by atoms with Gasteiger partial charge in [0.2, 0.25) is 0 Å². The van der Waals surface area contributed by atoms with Crippen molar-refractivity contribution in [2.24, 2.45) is 11.5 Å². The summed E-state index contributed by atoms with van der Waals surface area (Å²) < 4.78 is 1.68. The van der Waals surface area contributed by atoms with Crippen molar-refractivity contribution in [1.29, 1.82) is 0 Å². The second kappa shape index (κ2) is 9.90. The molecule has 0 aliphatic heterocycles. The molecule has 0 bridgehead atoms. The molecule has 2 aromatic carbocycles. The Hall–Kier alpha value is -4.28. The van der Waals surface area contributed by atoms with Crippen LogP contribution in [0.15, 0.2) is 70.5 Å². The second-order valence-corrected chi connectivity index (χ2v) is 7.16. The molecule has 0 aliphatic carbocycles. The topological polar surface area (TPSA) is 165 Å². The third-order valence-electron chi connectivity index (χ3n) is 5.05. The maximum atomic E-state index is 11.9. The standard InChI is InChI=1S/C12H13N3O2.C11H10N2O3/c1-15(7-13)12(17)8-2-3-10-9(6-8)11(16)4-5-14-10;12-6-13-4-3-10(14)8-5-7(11(15)16)1-2-9(8)13/h2-6H,7,13H2,1H3,(H,14,16);1-5H,6,12H2,(H,15,16). The van der Waals surface area contributed by atoms with E-state index in [1.807, 2.05) is 0 Å². The van der Waals surface area contributed by atoms with Crippen LogP contribution in [0.4, 0.5) is 0 Å². The molecule has 1 amide bonds. The van der Waals surface area contributed by atoms with E-state index in [-0.39, 0.29) is 35.7 Å². The summed E-state index contributed by atoms with van der Waals surface area (Å²) in [6, 6.07) is 12.2. The van der Waals surface area contributed by atoms with E-state index in [1.54, 1.807) is 48.3 Å². The summed E-state index contributed by atoms with van der Waals surface area (Å²) in [5.41, 5.74) is 12.5. The predicted octanol–water partition coefficient (Wildman–Crippen LogP) is 1.13. The fraction of sp³-hybridized carbons (Fsp3) is 0.130. The molecule has 0 saturated heterocycles. The number of aromatic carboxylic acids is 1. The van der Waals surface area contributed by atoms with Crippen molar-refractivity contribution >= 4 is 33.7 Å². The molecule has 10 nitrogen and oxygen atoms in total. The van der Waals surface area contributed by atoms with Crippen molar-refractivity contribution in [2.45, 2.75) is 6.67 Å². The zero-order valence-corrected chi connectivity index (χ0v) is 17.8. The lowest BCUT2D eigenvalue weighted by Crippen LogP contribution is -2.32. The minimum absolute atomic E-state index is 0.0966. The molecule has 4 aromatic rings. The maximum absolute atomic E-state index is 11.9. The average Bonchev–Trinajstić information content (AvgIpc) is 2.83. The summed E-state index contributed by atoms with van der Waals surface area (Å²) in [5.74, 6) is -1.25. The SMILES string of the molecule is CN(CN)C(=O)c1ccc2[nH]ccc(=O)c2c1.NCn1ccc(=O)c2cc(C(=O)O)ccc21. The highest BCUT2D eigenvalue weighted by Crippen LogP contribution is 2.13. The Balaban J connectivity index is 0.000000186. The van der Waals surface area contributed by atoms with Crippen molar-refractivity contribution in [3.63, 3.8) is 0 Å². The van der Waals surface area contributed by atoms with Crippen LogP contribution in [0.2, 0.25) is 0 Å². The second-order valence-electron chi connectivity index (χ2n) is 7.16. The van der Waals surface area contributed by atoms with Gasteiger partial charge in [-0.3, -0.25) is 14.4 Å². The molecule has 0 saturated carbocycles. The van der Waals surface area contributed by atoms with Gasteiger partial charge in [0.05, 0.1) is 24.4 Å². The smallest absolute Gasteiger partial charge is 0.335 e. The Morgan fingerprint density at radius 1 is 0.970 bits per heavy atom. The Labute approximate surface area is 187 Å². The van der Waals surface area contributed by atoms with E-state index in [1.165, 1.54) is 29.2 Å². The number of hydrogen-bond donors (Lipinski definition) is 4. The van der Waals surface area contributed by atoms with Crippen LogP contribution >= 0.6 is 0 Å². The molecule has 0 spiro atoms. The van der Waals surface area contributed by atoms with Crippen molar-refractivity contribution in [2.75, 3.05) is 13.7 Å². The molecule has 6 N–H and O–H groups in total. The number of carbonyl (C=O) groups is 2. The van der Waals surface area contributed by atoms with Gasteiger partial charge in [-0.05, 0) is 36.4 Å². The molecule has 10 heteroatoms. The number of rotatable bonds is 4. The molecule has 2 heterocycles. The van der Waals surface area contributed by atoms with E-state index < -0.39 is 5.97 Å². The molecule has 33 heavy (non-hydrogen) atoms. The number of pyridine rings is 2. The quantitative estimate of drug-likeness (QED) is 0.339. The molecule has 0 unspecified atom stereocenters. The van der Waals surface area contributed by atoms with Crippen LogP contribution in [-0.2, 0) is 6.67 Å². The Morgan fingerprint density at radius 2 is 1.64 bits per heavy atom. The van der Waals surface area contributed by atoms with Gasteiger partial charge in [-0.1, -0.05) is 0 Å². The molecule has 4 rings (SSSR count). The fourth-order valence-electron chi connectivity index (χ4n) is 3.21. The third kappa shape index (κ3) is 4.97. The lowest BCUT2D eigenvalue weighted by atomic mass is 10.1. The van der Waals surface area contributed by atoms with Crippen molar-refractivity contribution < 1.29 is 14.7 Å². The summed E-state index contributed by atoms with van der Waals surface area (Å²) in [6.07, 6.45) is 3.17. The summed E-state index contributed by atoms with van der Waals surface area (Å²) >= 11 is 0. The fourth-order valence-corrected chi connectivity index (χ4v) is 3.21. The zero-order valence-electron chi connectivity index (χ0n) is 17.8. The van der Waals surface area contributed by atoms with Crippen LogP contribution in [0.3, 0.4) is 0 Å². The van der Waals surface area contributed by atoms with Crippen LogP contribution in [0.5, 0.6) is 0 Å². The largest absolute Gasteiger partial charge is 0.478 e. The minimum atomic E-state index is -1.05. The number of aromatic amines is 1. The molecular weight excluding hydrogens is 426 g/mol. The van der Waals surface area contributed by atoms with E-state index >= 15 is 0 Å². The van der Waals surface area contributed by atoms with Gasteiger partial charge in [0, 0.05) is 53.4 Å². The van der Waals surface area contributed by atoms with Crippen LogP contribution in [0.25, 0.3) is 21.8 Å². The first kappa shape index (κ1) is 23.4. The summed E-state index contributed by atoms with van der Waals surface area (Å²) in [4.78, 5) is 50.2. The van der Waals surface area contributed by atoms with Gasteiger partial charge in [-0.25, -0.2) is 4.79 Å². The van der Waals surface area contributed by atoms with E-state index in [4.69, 9.17) is 16.6 Å². The number of carboxylic acid groups (broad SMARTS) is 1. The van der Waals surface area contributed by atoms with Crippen LogP contribution in [0.1, 0.15) is 20.7 Å². The minimum Gasteiger partial charge on any atom is -0.478 e. The number of amides is 1. The number of carboxylic acids is 1. The van der Waals surface area contributed by atoms with Gasteiger partial charge in [0.15, 0.2) is 10.9 Å². The molecule has 2 aromatic heterocycles. The number of fused-ring (bicyclic) bond motifs is 2. The number of nitrogens with two attached hydrogens (primary N) is 2. The first-order valence-electron chi connectivity index (χ1n) is 9.90. The van der Waals surface area contributed by atoms with Gasteiger partial charge in [0.25, 0.3) is 5.91 Å². The number of H-pyrrole nitrogens is 1. The number of benzene rings is 2. The van der Waals surface area contributed by atoms with E-state index in [2.05, 4.69) is 4.98 Å². The first-order valence-corrected chi connectivity index (χ1v) is 9.90. The average molecular weight is 449 g/mol. The number of nitrogens with zero attached hydrogens (tertiary/aromatic N) is 2. The molecular formula is C23H23N5O5.